The van der Waals surface area contributed by atoms with E-state index in [4.69, 9.17) is 4.18 Å². The molecule has 5 nitrogen and oxygen atoms in total. The maximum absolute atomic E-state index is 13.5. The fraction of sp³-hybridized carbons (Fsp3) is 0.350. The molecule has 27 heavy (non-hydrogen) atoms. The molecule has 0 aromatic heterocycles. The zero-order valence-corrected chi connectivity index (χ0v) is 15.9. The molecule has 0 bridgehead atoms. The van der Waals surface area contributed by atoms with Gasteiger partial charge in [-0.3, -0.25) is 4.79 Å². The molecule has 0 N–H and O–H groups in total. The SMILES string of the molecule is CCS(=O)(=O)Oc1cccc(CN(CC2CC2)C(=O)c2cccc(F)c2)c1. The summed E-state index contributed by atoms with van der Waals surface area (Å²) in [6.45, 7) is 2.40. The summed E-state index contributed by atoms with van der Waals surface area (Å²) in [4.78, 5) is 14.5. The monoisotopic (exact) mass is 391 g/mol. The number of nitrogens with zero attached hydrogens (tertiary/aromatic N) is 1. The molecular formula is C20H22FNO4S. The second-order valence-electron chi connectivity index (χ2n) is 6.72. The van der Waals surface area contributed by atoms with Gasteiger partial charge in [0.25, 0.3) is 5.91 Å². The molecule has 0 saturated heterocycles. The molecular weight excluding hydrogens is 369 g/mol. The van der Waals surface area contributed by atoms with Crippen molar-refractivity contribution in [2.45, 2.75) is 26.3 Å². The summed E-state index contributed by atoms with van der Waals surface area (Å²) in [7, 11) is -3.61. The Morgan fingerprint density at radius 3 is 2.59 bits per heavy atom. The van der Waals surface area contributed by atoms with E-state index in [0.29, 0.717) is 24.6 Å². The van der Waals surface area contributed by atoms with Crippen molar-refractivity contribution in [3.05, 3.63) is 65.5 Å². The van der Waals surface area contributed by atoms with Crippen LogP contribution in [0.15, 0.2) is 48.5 Å². The molecule has 0 radical (unpaired) electrons. The van der Waals surface area contributed by atoms with Crippen molar-refractivity contribution < 1.29 is 21.8 Å². The Balaban J connectivity index is 1.79. The molecule has 2 aromatic carbocycles. The van der Waals surface area contributed by atoms with Crippen LogP contribution in [0.25, 0.3) is 0 Å². The Hall–Kier alpha value is -2.41. The number of amides is 1. The van der Waals surface area contributed by atoms with Crippen LogP contribution in [0.2, 0.25) is 0 Å². The van der Waals surface area contributed by atoms with Crippen molar-refractivity contribution in [2.75, 3.05) is 12.3 Å². The zero-order valence-electron chi connectivity index (χ0n) is 15.1. The highest BCUT2D eigenvalue weighted by atomic mass is 32.2. The minimum Gasteiger partial charge on any atom is -0.382 e. The van der Waals surface area contributed by atoms with Crippen LogP contribution in [-0.2, 0) is 16.7 Å². The van der Waals surface area contributed by atoms with Crippen LogP contribution in [0, 0.1) is 11.7 Å². The number of benzene rings is 2. The molecule has 1 amide bonds. The molecule has 0 atom stereocenters. The van der Waals surface area contributed by atoms with Crippen LogP contribution >= 0.6 is 0 Å². The average molecular weight is 391 g/mol. The third kappa shape index (κ3) is 5.53. The van der Waals surface area contributed by atoms with E-state index in [1.807, 2.05) is 6.07 Å². The largest absolute Gasteiger partial charge is 0.382 e. The van der Waals surface area contributed by atoms with E-state index in [0.717, 1.165) is 18.4 Å². The minimum absolute atomic E-state index is 0.122. The molecule has 0 aliphatic heterocycles. The summed E-state index contributed by atoms with van der Waals surface area (Å²) in [5.74, 6) is -0.133. The molecule has 1 fully saturated rings. The lowest BCUT2D eigenvalue weighted by molar-refractivity contribution is 0.0734. The second-order valence-corrected chi connectivity index (χ2v) is 8.58. The van der Waals surface area contributed by atoms with E-state index in [9.17, 15) is 17.6 Å². The van der Waals surface area contributed by atoms with Gasteiger partial charge in [-0.2, -0.15) is 8.42 Å². The highest BCUT2D eigenvalue weighted by Crippen LogP contribution is 2.31. The van der Waals surface area contributed by atoms with Gasteiger partial charge in [-0.25, -0.2) is 4.39 Å². The van der Waals surface area contributed by atoms with Crippen LogP contribution < -0.4 is 4.18 Å². The van der Waals surface area contributed by atoms with Gasteiger partial charge >= 0.3 is 10.1 Å². The first kappa shape index (κ1) is 19.4. The molecule has 0 heterocycles. The first-order chi connectivity index (χ1) is 12.9. The fourth-order valence-corrected chi connectivity index (χ4v) is 3.27. The van der Waals surface area contributed by atoms with Gasteiger partial charge in [0, 0.05) is 18.7 Å². The Labute approximate surface area is 158 Å². The first-order valence-corrected chi connectivity index (χ1v) is 10.5. The smallest absolute Gasteiger partial charge is 0.308 e. The fourth-order valence-electron chi connectivity index (χ4n) is 2.76. The normalized spacial score (nSPS) is 14.0. The summed E-state index contributed by atoms with van der Waals surface area (Å²) >= 11 is 0. The van der Waals surface area contributed by atoms with Gasteiger partial charge in [0.15, 0.2) is 0 Å². The lowest BCUT2D eigenvalue weighted by Crippen LogP contribution is -2.32. The number of carbonyl (C=O) groups excluding carboxylic acids is 1. The van der Waals surface area contributed by atoms with Crippen LogP contribution in [-0.4, -0.2) is 31.5 Å². The Morgan fingerprint density at radius 2 is 1.93 bits per heavy atom. The van der Waals surface area contributed by atoms with Crippen molar-refractivity contribution >= 4 is 16.0 Å². The molecule has 1 aliphatic rings. The van der Waals surface area contributed by atoms with E-state index < -0.39 is 15.9 Å². The van der Waals surface area contributed by atoms with Crippen molar-refractivity contribution in [3.63, 3.8) is 0 Å². The van der Waals surface area contributed by atoms with E-state index in [1.54, 1.807) is 29.2 Å². The van der Waals surface area contributed by atoms with Crippen molar-refractivity contribution in [1.82, 2.24) is 4.90 Å². The van der Waals surface area contributed by atoms with E-state index >= 15 is 0 Å². The quantitative estimate of drug-likeness (QED) is 0.645. The number of hydrogen-bond donors (Lipinski definition) is 0. The van der Waals surface area contributed by atoms with E-state index in [2.05, 4.69) is 0 Å². The maximum atomic E-state index is 13.5. The lowest BCUT2D eigenvalue weighted by Gasteiger charge is -2.23. The Kier molecular flexibility index (Phi) is 5.79. The third-order valence-corrected chi connectivity index (χ3v) is 5.54. The van der Waals surface area contributed by atoms with Crippen LogP contribution in [0.3, 0.4) is 0 Å². The summed E-state index contributed by atoms with van der Waals surface area (Å²) in [5.41, 5.74) is 1.06. The average Bonchev–Trinajstić information content (AvgIpc) is 3.44. The zero-order chi connectivity index (χ0) is 19.4. The van der Waals surface area contributed by atoms with E-state index in [1.165, 1.54) is 25.1 Å². The number of rotatable bonds is 8. The van der Waals surface area contributed by atoms with Crippen molar-refractivity contribution in [2.24, 2.45) is 5.92 Å². The van der Waals surface area contributed by atoms with Crippen LogP contribution in [0.5, 0.6) is 5.75 Å². The van der Waals surface area contributed by atoms with Gasteiger partial charge in [-0.15, -0.1) is 0 Å². The molecule has 0 spiro atoms. The number of halogens is 1. The highest BCUT2D eigenvalue weighted by Gasteiger charge is 2.27. The summed E-state index contributed by atoms with van der Waals surface area (Å²) < 4.78 is 41.9. The highest BCUT2D eigenvalue weighted by molar-refractivity contribution is 7.87. The second kappa shape index (κ2) is 8.08. The summed E-state index contributed by atoms with van der Waals surface area (Å²) in [5, 5.41) is 0. The summed E-state index contributed by atoms with van der Waals surface area (Å²) in [6, 6.07) is 12.3. The topological polar surface area (TPSA) is 63.7 Å². The van der Waals surface area contributed by atoms with Gasteiger partial charge in [-0.1, -0.05) is 18.2 Å². The van der Waals surface area contributed by atoms with Gasteiger partial charge in [0.2, 0.25) is 0 Å². The molecule has 144 valence electrons. The first-order valence-electron chi connectivity index (χ1n) is 8.92. The summed E-state index contributed by atoms with van der Waals surface area (Å²) in [6.07, 6.45) is 2.15. The Bertz CT molecular complexity index is 925. The van der Waals surface area contributed by atoms with Crippen LogP contribution in [0.1, 0.15) is 35.7 Å². The minimum atomic E-state index is -3.61. The van der Waals surface area contributed by atoms with Crippen LogP contribution in [0.4, 0.5) is 4.39 Å². The third-order valence-electron chi connectivity index (χ3n) is 4.38. The molecule has 2 aromatic rings. The van der Waals surface area contributed by atoms with Gasteiger partial charge in [0.05, 0.1) is 5.75 Å². The molecule has 1 aliphatic carbocycles. The van der Waals surface area contributed by atoms with Gasteiger partial charge < -0.3 is 9.08 Å². The number of hydrogen-bond acceptors (Lipinski definition) is 4. The molecule has 3 rings (SSSR count). The van der Waals surface area contributed by atoms with Crippen molar-refractivity contribution in [1.29, 1.82) is 0 Å². The van der Waals surface area contributed by atoms with Gasteiger partial charge in [0.1, 0.15) is 11.6 Å². The van der Waals surface area contributed by atoms with E-state index in [-0.39, 0.29) is 17.4 Å². The van der Waals surface area contributed by atoms with Crippen molar-refractivity contribution in [3.8, 4) is 5.75 Å². The molecule has 1 saturated carbocycles. The number of carbonyl (C=O) groups is 1. The molecule has 0 unspecified atom stereocenters. The lowest BCUT2D eigenvalue weighted by atomic mass is 10.1. The maximum Gasteiger partial charge on any atom is 0.308 e. The standard InChI is InChI=1S/C20H22FNO4S/c1-2-27(24,25)26-19-8-3-5-16(11-19)14-22(13-15-9-10-15)20(23)17-6-4-7-18(21)12-17/h3-8,11-12,15H,2,9-10,13-14H2,1H3. The van der Waals surface area contributed by atoms with Gasteiger partial charge in [-0.05, 0) is 61.6 Å². The predicted molar refractivity (Wildman–Crippen MR) is 100 cm³/mol. The Morgan fingerprint density at radius 1 is 1.19 bits per heavy atom. The predicted octanol–water partition coefficient (Wildman–Crippen LogP) is 3.61. The molecule has 7 heteroatoms.